The van der Waals surface area contributed by atoms with Crippen LogP contribution in [0.1, 0.15) is 32.8 Å². The summed E-state index contributed by atoms with van der Waals surface area (Å²) in [7, 11) is 0. The van der Waals surface area contributed by atoms with Gasteiger partial charge in [-0.3, -0.25) is 0 Å². The van der Waals surface area contributed by atoms with Crippen molar-refractivity contribution >= 4 is 5.69 Å². The summed E-state index contributed by atoms with van der Waals surface area (Å²) in [6, 6.07) is 20.3. The van der Waals surface area contributed by atoms with Crippen LogP contribution in [0.15, 0.2) is 60.7 Å². The number of hydrogen-bond donors (Lipinski definition) is 2. The summed E-state index contributed by atoms with van der Waals surface area (Å²) in [5, 5.41) is 14.6. The molecule has 0 spiro atoms. The monoisotopic (exact) mass is 283 g/mol. The Kier molecular flexibility index (Phi) is 5.03. The minimum Gasteiger partial charge on any atom is -0.385 e. The van der Waals surface area contributed by atoms with Crippen LogP contribution in [0.3, 0.4) is 0 Å². The van der Waals surface area contributed by atoms with E-state index in [9.17, 15) is 5.11 Å². The molecule has 0 amide bonds. The van der Waals surface area contributed by atoms with Gasteiger partial charge >= 0.3 is 0 Å². The van der Waals surface area contributed by atoms with Crippen molar-refractivity contribution in [2.45, 2.75) is 38.8 Å². The smallest absolute Gasteiger partial charge is 0.0938 e. The van der Waals surface area contributed by atoms with Gasteiger partial charge in [0.15, 0.2) is 0 Å². The molecule has 0 unspecified atom stereocenters. The van der Waals surface area contributed by atoms with E-state index in [1.54, 1.807) is 0 Å². The van der Waals surface area contributed by atoms with Crippen molar-refractivity contribution in [2.75, 3.05) is 5.32 Å². The molecule has 2 N–H and O–H groups in total. The van der Waals surface area contributed by atoms with Crippen molar-refractivity contribution in [2.24, 2.45) is 5.92 Å². The first-order valence-electron chi connectivity index (χ1n) is 7.62. The van der Waals surface area contributed by atoms with Crippen molar-refractivity contribution in [3.8, 4) is 0 Å². The van der Waals surface area contributed by atoms with Crippen LogP contribution >= 0.6 is 0 Å². The fraction of sp³-hybridized carbons (Fsp3) is 0.368. The minimum atomic E-state index is -0.817. The van der Waals surface area contributed by atoms with E-state index < -0.39 is 5.60 Å². The molecule has 0 aromatic heterocycles. The molecular weight excluding hydrogens is 258 g/mol. The highest BCUT2D eigenvalue weighted by Gasteiger charge is 2.34. The molecule has 0 saturated heterocycles. The van der Waals surface area contributed by atoms with Crippen molar-refractivity contribution in [1.82, 2.24) is 0 Å². The van der Waals surface area contributed by atoms with E-state index in [-0.39, 0.29) is 12.0 Å². The molecule has 0 aliphatic carbocycles. The molecule has 0 saturated carbocycles. The van der Waals surface area contributed by atoms with Gasteiger partial charge in [0.25, 0.3) is 0 Å². The maximum atomic E-state index is 11.2. The van der Waals surface area contributed by atoms with Crippen LogP contribution in [0, 0.1) is 5.92 Å². The van der Waals surface area contributed by atoms with Crippen molar-refractivity contribution in [3.05, 3.63) is 66.2 Å². The first-order chi connectivity index (χ1) is 10.0. The number of para-hydroxylation sites is 1. The highest BCUT2D eigenvalue weighted by Crippen LogP contribution is 2.34. The van der Waals surface area contributed by atoms with Gasteiger partial charge in [-0.2, -0.15) is 0 Å². The number of aliphatic hydroxyl groups is 1. The van der Waals surface area contributed by atoms with Crippen molar-refractivity contribution in [3.63, 3.8) is 0 Å². The van der Waals surface area contributed by atoms with Crippen molar-refractivity contribution < 1.29 is 5.11 Å². The number of benzene rings is 2. The Morgan fingerprint density at radius 3 is 1.95 bits per heavy atom. The van der Waals surface area contributed by atoms with E-state index in [2.05, 4.69) is 26.1 Å². The average Bonchev–Trinajstić information content (AvgIpc) is 2.48. The normalized spacial score (nSPS) is 15.5. The van der Waals surface area contributed by atoms with Crippen LogP contribution in [0.5, 0.6) is 0 Å². The van der Waals surface area contributed by atoms with Crippen LogP contribution in [0.4, 0.5) is 5.69 Å². The zero-order chi connectivity index (χ0) is 15.3. The molecule has 2 nitrogen and oxygen atoms in total. The molecule has 0 radical (unpaired) electrons. The number of rotatable bonds is 6. The lowest BCUT2D eigenvalue weighted by atomic mass is 9.79. The Labute approximate surface area is 127 Å². The summed E-state index contributed by atoms with van der Waals surface area (Å²) in [5.41, 5.74) is 1.26. The summed E-state index contributed by atoms with van der Waals surface area (Å²) >= 11 is 0. The van der Waals surface area contributed by atoms with E-state index in [0.29, 0.717) is 6.42 Å². The summed E-state index contributed by atoms with van der Waals surface area (Å²) in [4.78, 5) is 0. The van der Waals surface area contributed by atoms with Crippen LogP contribution in [0.2, 0.25) is 0 Å². The Morgan fingerprint density at radius 2 is 1.43 bits per heavy atom. The van der Waals surface area contributed by atoms with Gasteiger partial charge < -0.3 is 10.4 Å². The molecule has 2 rings (SSSR count). The molecule has 21 heavy (non-hydrogen) atoms. The van der Waals surface area contributed by atoms with Gasteiger partial charge in [-0.25, -0.2) is 0 Å². The van der Waals surface area contributed by atoms with Gasteiger partial charge in [0.2, 0.25) is 0 Å². The third kappa shape index (κ3) is 3.85. The second-order valence-corrected chi connectivity index (χ2v) is 6.06. The van der Waals surface area contributed by atoms with Gasteiger partial charge in [0.1, 0.15) is 0 Å². The first kappa shape index (κ1) is 15.6. The molecule has 0 heterocycles. The number of anilines is 1. The zero-order valence-corrected chi connectivity index (χ0v) is 13.1. The Balaban J connectivity index is 2.13. The standard InChI is InChI=1S/C19H25NO/c1-15(2)19(21,17-10-6-4-7-11-17)14-16(3)20-18-12-8-5-9-13-18/h4-13,15-16,20-21H,14H2,1-3H3/t16-,19+/m0/s1. The molecule has 2 heteroatoms. The Bertz CT molecular complexity index is 538. The van der Waals surface area contributed by atoms with Gasteiger partial charge in [0, 0.05) is 18.2 Å². The fourth-order valence-corrected chi connectivity index (χ4v) is 2.75. The lowest BCUT2D eigenvalue weighted by Crippen LogP contribution is -2.37. The summed E-state index contributed by atoms with van der Waals surface area (Å²) in [6.07, 6.45) is 0.670. The van der Waals surface area contributed by atoms with Gasteiger partial charge in [-0.05, 0) is 30.5 Å². The quantitative estimate of drug-likeness (QED) is 0.822. The molecule has 2 atom stereocenters. The van der Waals surface area contributed by atoms with E-state index in [0.717, 1.165) is 11.3 Å². The predicted molar refractivity (Wildman–Crippen MR) is 89.3 cm³/mol. The van der Waals surface area contributed by atoms with Gasteiger partial charge in [-0.15, -0.1) is 0 Å². The largest absolute Gasteiger partial charge is 0.385 e. The predicted octanol–water partition coefficient (Wildman–Crippen LogP) is 4.42. The lowest BCUT2D eigenvalue weighted by molar-refractivity contribution is -0.0214. The molecule has 2 aromatic carbocycles. The molecule has 0 aliphatic rings. The second kappa shape index (κ2) is 6.77. The first-order valence-corrected chi connectivity index (χ1v) is 7.62. The lowest BCUT2D eigenvalue weighted by Gasteiger charge is -2.35. The van der Waals surface area contributed by atoms with Crippen LogP contribution in [-0.4, -0.2) is 11.1 Å². The van der Waals surface area contributed by atoms with E-state index in [1.807, 2.05) is 60.7 Å². The Morgan fingerprint density at radius 1 is 0.905 bits per heavy atom. The molecule has 112 valence electrons. The van der Waals surface area contributed by atoms with Crippen LogP contribution in [0.25, 0.3) is 0 Å². The molecule has 2 aromatic rings. The second-order valence-electron chi connectivity index (χ2n) is 6.06. The highest BCUT2D eigenvalue weighted by molar-refractivity contribution is 5.43. The fourth-order valence-electron chi connectivity index (χ4n) is 2.75. The molecule has 0 bridgehead atoms. The van der Waals surface area contributed by atoms with E-state index in [4.69, 9.17) is 0 Å². The third-order valence-electron chi connectivity index (χ3n) is 4.03. The van der Waals surface area contributed by atoms with E-state index >= 15 is 0 Å². The van der Waals surface area contributed by atoms with Crippen LogP contribution < -0.4 is 5.32 Å². The van der Waals surface area contributed by atoms with Crippen LogP contribution in [-0.2, 0) is 5.60 Å². The number of nitrogens with one attached hydrogen (secondary N) is 1. The average molecular weight is 283 g/mol. The number of hydrogen-bond acceptors (Lipinski definition) is 2. The van der Waals surface area contributed by atoms with Crippen molar-refractivity contribution in [1.29, 1.82) is 0 Å². The molecule has 0 fully saturated rings. The zero-order valence-electron chi connectivity index (χ0n) is 13.1. The Hall–Kier alpha value is -1.80. The summed E-state index contributed by atoms with van der Waals surface area (Å²) < 4.78 is 0. The van der Waals surface area contributed by atoms with Gasteiger partial charge in [-0.1, -0.05) is 62.4 Å². The maximum Gasteiger partial charge on any atom is 0.0938 e. The maximum absolute atomic E-state index is 11.2. The minimum absolute atomic E-state index is 0.153. The summed E-state index contributed by atoms with van der Waals surface area (Å²) in [6.45, 7) is 6.26. The topological polar surface area (TPSA) is 32.3 Å². The molecular formula is C19H25NO. The third-order valence-corrected chi connectivity index (χ3v) is 4.03. The molecule has 0 aliphatic heterocycles. The highest BCUT2D eigenvalue weighted by atomic mass is 16.3. The van der Waals surface area contributed by atoms with Gasteiger partial charge in [0.05, 0.1) is 5.60 Å². The van der Waals surface area contributed by atoms with E-state index in [1.165, 1.54) is 0 Å². The SMILES string of the molecule is CC(C)[C@](O)(C[C@H](C)Nc1ccccc1)c1ccccc1. The summed E-state index contributed by atoms with van der Waals surface area (Å²) in [5.74, 6) is 0.153.